The van der Waals surface area contributed by atoms with E-state index in [0.717, 1.165) is 17.8 Å². The molecule has 10 heteroatoms. The number of fused-ring (bicyclic) bond motifs is 1. The van der Waals surface area contributed by atoms with Gasteiger partial charge < -0.3 is 15.0 Å². The molecule has 0 saturated carbocycles. The van der Waals surface area contributed by atoms with Gasteiger partial charge >= 0.3 is 6.09 Å². The molecule has 28 heavy (non-hydrogen) atoms. The van der Waals surface area contributed by atoms with E-state index < -0.39 is 5.60 Å². The van der Waals surface area contributed by atoms with Crippen molar-refractivity contribution in [2.75, 3.05) is 18.4 Å². The van der Waals surface area contributed by atoms with Crippen molar-refractivity contribution in [3.63, 3.8) is 0 Å². The van der Waals surface area contributed by atoms with E-state index in [4.69, 9.17) is 9.72 Å². The molecule has 4 heterocycles. The third kappa shape index (κ3) is 3.75. The summed E-state index contributed by atoms with van der Waals surface area (Å²) in [6.07, 6.45) is 7.49. The van der Waals surface area contributed by atoms with Gasteiger partial charge in [-0.2, -0.15) is 10.2 Å². The van der Waals surface area contributed by atoms with Crippen molar-refractivity contribution in [3.8, 4) is 0 Å². The smallest absolute Gasteiger partial charge is 0.410 e. The van der Waals surface area contributed by atoms with Crippen LogP contribution in [0.3, 0.4) is 0 Å². The number of aryl methyl sites for hydroxylation is 1. The Hall–Kier alpha value is -3.17. The van der Waals surface area contributed by atoms with Crippen LogP contribution in [0.15, 0.2) is 24.9 Å². The van der Waals surface area contributed by atoms with Crippen molar-refractivity contribution in [2.45, 2.75) is 38.7 Å². The van der Waals surface area contributed by atoms with Crippen LogP contribution in [0, 0.1) is 0 Å². The summed E-state index contributed by atoms with van der Waals surface area (Å²) in [4.78, 5) is 23.2. The van der Waals surface area contributed by atoms with Gasteiger partial charge in [0.2, 0.25) is 0 Å². The lowest BCUT2D eigenvalue weighted by atomic mass is 10.1. The Labute approximate surface area is 162 Å². The number of likely N-dealkylation sites (tertiary alicyclic amines) is 1. The van der Waals surface area contributed by atoms with Gasteiger partial charge in [0.15, 0.2) is 11.5 Å². The zero-order valence-corrected chi connectivity index (χ0v) is 16.5. The first kappa shape index (κ1) is 18.2. The summed E-state index contributed by atoms with van der Waals surface area (Å²) in [5.74, 6) is 0.717. The first-order valence-corrected chi connectivity index (χ1v) is 9.22. The number of ether oxygens (including phenoxy) is 1. The number of hydrogen-bond acceptors (Lipinski definition) is 7. The van der Waals surface area contributed by atoms with E-state index in [-0.39, 0.29) is 12.0 Å². The quantitative estimate of drug-likeness (QED) is 0.739. The highest BCUT2D eigenvalue weighted by atomic mass is 16.6. The first-order chi connectivity index (χ1) is 13.3. The second-order valence-corrected chi connectivity index (χ2v) is 7.98. The zero-order valence-electron chi connectivity index (χ0n) is 16.5. The van der Waals surface area contributed by atoms with Crippen LogP contribution < -0.4 is 5.32 Å². The standard InChI is InChI=1S/C18H24N8O2/c1-18(2,3)28-17(27)25-6-5-12(8-25)14-10-26-16(19-11-21-26)15(23-14)22-13-7-20-24(4)9-13/h7,9-12H,5-6,8H2,1-4H3,(H,22,23)/t12-/m1/s1. The number of hydrogen-bond donors (Lipinski definition) is 1. The van der Waals surface area contributed by atoms with Crippen LogP contribution in [0.4, 0.5) is 16.3 Å². The third-order valence-corrected chi connectivity index (χ3v) is 4.51. The van der Waals surface area contributed by atoms with Gasteiger partial charge in [0.25, 0.3) is 0 Å². The Morgan fingerprint density at radius 3 is 2.82 bits per heavy atom. The molecule has 0 aromatic carbocycles. The molecule has 1 aliphatic heterocycles. The van der Waals surface area contributed by atoms with Gasteiger partial charge in [0.1, 0.15) is 11.9 Å². The number of nitrogens with zero attached hydrogens (tertiary/aromatic N) is 7. The normalized spacial score (nSPS) is 17.3. The molecular formula is C18H24N8O2. The topological polar surface area (TPSA) is 102 Å². The summed E-state index contributed by atoms with van der Waals surface area (Å²) < 4.78 is 8.90. The number of nitrogens with one attached hydrogen (secondary N) is 1. The van der Waals surface area contributed by atoms with Crippen LogP contribution >= 0.6 is 0 Å². The molecule has 1 aliphatic rings. The molecule has 0 radical (unpaired) electrons. The second kappa shape index (κ2) is 6.77. The number of anilines is 2. The molecule has 1 saturated heterocycles. The fourth-order valence-electron chi connectivity index (χ4n) is 3.24. The van der Waals surface area contributed by atoms with Crippen LogP contribution in [0.1, 0.15) is 38.8 Å². The van der Waals surface area contributed by atoms with Gasteiger partial charge in [-0.3, -0.25) is 4.68 Å². The predicted octanol–water partition coefficient (Wildman–Crippen LogP) is 2.33. The summed E-state index contributed by atoms with van der Waals surface area (Å²) >= 11 is 0. The summed E-state index contributed by atoms with van der Waals surface area (Å²) in [7, 11) is 1.85. The van der Waals surface area contributed by atoms with Gasteiger partial charge in [0.05, 0.1) is 23.8 Å². The number of aromatic nitrogens is 6. The van der Waals surface area contributed by atoms with Crippen molar-refractivity contribution in [3.05, 3.63) is 30.6 Å². The monoisotopic (exact) mass is 384 g/mol. The molecule has 4 rings (SSSR count). The maximum absolute atomic E-state index is 12.4. The lowest BCUT2D eigenvalue weighted by Crippen LogP contribution is -2.35. The minimum Gasteiger partial charge on any atom is -0.444 e. The highest BCUT2D eigenvalue weighted by molar-refractivity contribution is 5.70. The molecule has 10 nitrogen and oxygen atoms in total. The molecule has 0 bridgehead atoms. The van der Waals surface area contributed by atoms with Crippen LogP contribution in [0.2, 0.25) is 0 Å². The molecule has 1 fully saturated rings. The van der Waals surface area contributed by atoms with Gasteiger partial charge in [-0.05, 0) is 27.2 Å². The Morgan fingerprint density at radius 1 is 1.29 bits per heavy atom. The van der Waals surface area contributed by atoms with Crippen LogP contribution in [0.5, 0.6) is 0 Å². The second-order valence-electron chi connectivity index (χ2n) is 7.98. The minimum atomic E-state index is -0.506. The molecule has 0 spiro atoms. The summed E-state index contributed by atoms with van der Waals surface area (Å²) in [6, 6.07) is 0. The van der Waals surface area contributed by atoms with Gasteiger partial charge in [-0.15, -0.1) is 0 Å². The first-order valence-electron chi connectivity index (χ1n) is 9.22. The molecule has 1 N–H and O–H groups in total. The summed E-state index contributed by atoms with van der Waals surface area (Å²) in [5.41, 5.74) is 1.80. The third-order valence-electron chi connectivity index (χ3n) is 4.51. The zero-order chi connectivity index (χ0) is 19.9. The van der Waals surface area contributed by atoms with Crippen molar-refractivity contribution in [1.82, 2.24) is 34.3 Å². The Kier molecular flexibility index (Phi) is 4.40. The van der Waals surface area contributed by atoms with Gasteiger partial charge in [-0.25, -0.2) is 19.3 Å². The van der Waals surface area contributed by atoms with Crippen LogP contribution in [-0.4, -0.2) is 59.0 Å². The van der Waals surface area contributed by atoms with E-state index in [2.05, 4.69) is 20.5 Å². The average molecular weight is 384 g/mol. The van der Waals surface area contributed by atoms with E-state index in [1.165, 1.54) is 6.33 Å². The Morgan fingerprint density at radius 2 is 2.11 bits per heavy atom. The molecule has 0 aliphatic carbocycles. The maximum atomic E-state index is 12.4. The average Bonchev–Trinajstić information content (AvgIpc) is 3.33. The number of carbonyl (C=O) groups excluding carboxylic acids is 1. The SMILES string of the molecule is Cn1cc(Nc2nc([C@@H]3CCN(C(=O)OC(C)(C)C)C3)cn3ncnc23)cn1. The largest absolute Gasteiger partial charge is 0.444 e. The molecule has 148 valence electrons. The predicted molar refractivity (Wildman–Crippen MR) is 102 cm³/mol. The van der Waals surface area contributed by atoms with E-state index in [1.807, 2.05) is 40.2 Å². The van der Waals surface area contributed by atoms with E-state index in [0.29, 0.717) is 24.6 Å². The molecule has 3 aromatic heterocycles. The van der Waals surface area contributed by atoms with E-state index in [1.54, 1.807) is 20.3 Å². The van der Waals surface area contributed by atoms with E-state index >= 15 is 0 Å². The van der Waals surface area contributed by atoms with Crippen molar-refractivity contribution < 1.29 is 9.53 Å². The van der Waals surface area contributed by atoms with Gasteiger partial charge in [0, 0.05) is 32.3 Å². The molecule has 3 aromatic rings. The van der Waals surface area contributed by atoms with Crippen LogP contribution in [0.25, 0.3) is 5.65 Å². The highest BCUT2D eigenvalue weighted by Gasteiger charge is 2.32. The number of rotatable bonds is 3. The molecule has 1 amide bonds. The summed E-state index contributed by atoms with van der Waals surface area (Å²) in [5, 5.41) is 11.7. The Balaban J connectivity index is 1.57. The molecular weight excluding hydrogens is 360 g/mol. The molecule has 0 unspecified atom stereocenters. The van der Waals surface area contributed by atoms with Crippen molar-refractivity contribution in [1.29, 1.82) is 0 Å². The van der Waals surface area contributed by atoms with Crippen molar-refractivity contribution in [2.24, 2.45) is 7.05 Å². The fraction of sp³-hybridized carbons (Fsp3) is 0.500. The maximum Gasteiger partial charge on any atom is 0.410 e. The van der Waals surface area contributed by atoms with E-state index in [9.17, 15) is 4.79 Å². The Bertz CT molecular complexity index is 1000. The fourth-order valence-corrected chi connectivity index (χ4v) is 3.24. The number of amides is 1. The lowest BCUT2D eigenvalue weighted by Gasteiger charge is -2.24. The lowest BCUT2D eigenvalue weighted by molar-refractivity contribution is 0.0292. The van der Waals surface area contributed by atoms with Crippen LogP contribution in [-0.2, 0) is 11.8 Å². The molecule has 1 atom stereocenters. The highest BCUT2D eigenvalue weighted by Crippen LogP contribution is 2.29. The van der Waals surface area contributed by atoms with Gasteiger partial charge in [-0.1, -0.05) is 0 Å². The van der Waals surface area contributed by atoms with Crippen molar-refractivity contribution >= 4 is 23.2 Å². The summed E-state index contributed by atoms with van der Waals surface area (Å²) in [6.45, 7) is 6.82. The number of carbonyl (C=O) groups is 1. The minimum absolute atomic E-state index is 0.107.